The van der Waals surface area contributed by atoms with Gasteiger partial charge in [0, 0.05) is 24.3 Å². The van der Waals surface area contributed by atoms with Gasteiger partial charge in [0.25, 0.3) is 31.9 Å². The molecule has 0 spiro atoms. The van der Waals surface area contributed by atoms with Gasteiger partial charge in [-0.05, 0) is 35.4 Å². The molecule has 38 heavy (non-hydrogen) atoms. The summed E-state index contributed by atoms with van der Waals surface area (Å²) in [6.07, 6.45) is 5.70. The van der Waals surface area contributed by atoms with Crippen molar-refractivity contribution < 1.29 is 35.9 Å². The van der Waals surface area contributed by atoms with Gasteiger partial charge in [0.15, 0.2) is 24.8 Å². The Kier molecular flexibility index (Phi) is 7.10. The molecule has 0 bridgehead atoms. The van der Waals surface area contributed by atoms with Crippen molar-refractivity contribution in [3.63, 3.8) is 0 Å². The number of hydrogen-bond donors (Lipinski definition) is 2. The van der Waals surface area contributed by atoms with Crippen molar-refractivity contribution in [3.05, 3.63) is 119 Å². The number of nitrogens with zero attached hydrogens (tertiary/aromatic N) is 2. The van der Waals surface area contributed by atoms with E-state index in [0.29, 0.717) is 0 Å². The Labute approximate surface area is 217 Å². The summed E-state index contributed by atoms with van der Waals surface area (Å²) in [5.41, 5.74) is 2.27. The topological polar surface area (TPSA) is 180 Å². The highest BCUT2D eigenvalue weighted by Crippen LogP contribution is 2.21. The summed E-state index contributed by atoms with van der Waals surface area (Å²) in [5.74, 6) is -1.10. The van der Waals surface area contributed by atoms with Gasteiger partial charge in [0.1, 0.15) is 9.79 Å². The molecule has 12 nitrogen and oxygen atoms in total. The molecule has 2 amide bonds. The van der Waals surface area contributed by atoms with E-state index in [1.165, 1.54) is 49.1 Å². The second-order valence-electron chi connectivity index (χ2n) is 7.75. The fraction of sp³-hybridized carbons (Fsp3) is 0. The number of rotatable bonds is 1. The average molecular weight is 555 g/mol. The maximum Gasteiger partial charge on any atom is 0.266 e. The number of hydrogen-bond acceptors (Lipinski definition) is 8. The Morgan fingerprint density at radius 1 is 0.526 bits per heavy atom. The third-order valence-corrected chi connectivity index (χ3v) is 8.01. The average Bonchev–Trinajstić information content (AvgIpc) is 3.28. The van der Waals surface area contributed by atoms with E-state index in [-0.39, 0.29) is 20.9 Å². The highest BCUT2D eigenvalue weighted by molar-refractivity contribution is 7.91. The van der Waals surface area contributed by atoms with Crippen LogP contribution in [0.1, 0.15) is 20.7 Å². The van der Waals surface area contributed by atoms with Crippen LogP contribution >= 0.6 is 0 Å². The molecule has 4 aromatic rings. The standard InChI is InChI=1S/C10H8N2O2.2C7H5NO3S/c13-11-5-1-9(2-6-11)10-3-7-12(14)8-4-10;2*9-7-5-3-1-2-4-6(5)12(10,11)8-7/h1-8H;2*1-4H,(H,8,9). The highest BCUT2D eigenvalue weighted by Gasteiger charge is 2.32. The molecule has 14 heteroatoms. The molecule has 0 unspecified atom stereocenters. The van der Waals surface area contributed by atoms with Gasteiger partial charge in [-0.15, -0.1) is 0 Å². The minimum atomic E-state index is -3.55. The molecular formula is C24H18N4O8S2. The normalized spacial score (nSPS) is 15.4. The molecule has 6 rings (SSSR count). The Morgan fingerprint density at radius 3 is 1.16 bits per heavy atom. The summed E-state index contributed by atoms with van der Waals surface area (Å²) in [7, 11) is -7.11. The van der Waals surface area contributed by atoms with E-state index in [9.17, 15) is 36.8 Å². The zero-order valence-corrected chi connectivity index (χ0v) is 20.8. The van der Waals surface area contributed by atoms with Crippen LogP contribution in [-0.4, -0.2) is 28.6 Å². The third kappa shape index (κ3) is 5.61. The van der Waals surface area contributed by atoms with Crippen molar-refractivity contribution >= 4 is 31.9 Å². The Hall–Kier alpha value is -4.82. The number of sulfonamides is 2. The largest absolute Gasteiger partial charge is 0.619 e. The molecule has 194 valence electrons. The van der Waals surface area contributed by atoms with Gasteiger partial charge in [0.05, 0.1) is 11.1 Å². The molecule has 0 aliphatic carbocycles. The molecule has 0 atom stereocenters. The minimum Gasteiger partial charge on any atom is -0.619 e. The van der Waals surface area contributed by atoms with Gasteiger partial charge in [-0.1, -0.05) is 24.3 Å². The summed E-state index contributed by atoms with van der Waals surface area (Å²) in [6, 6.07) is 19.0. The monoisotopic (exact) mass is 554 g/mol. The van der Waals surface area contributed by atoms with Crippen LogP contribution in [0.4, 0.5) is 0 Å². The number of fused-ring (bicyclic) bond motifs is 2. The second-order valence-corrected chi connectivity index (χ2v) is 11.1. The molecule has 0 saturated heterocycles. The van der Waals surface area contributed by atoms with E-state index in [1.54, 1.807) is 48.5 Å². The summed E-state index contributed by atoms with van der Waals surface area (Å²) >= 11 is 0. The van der Waals surface area contributed by atoms with Gasteiger partial charge in [0.2, 0.25) is 0 Å². The van der Waals surface area contributed by atoms with E-state index < -0.39 is 31.9 Å². The van der Waals surface area contributed by atoms with Crippen molar-refractivity contribution in [3.8, 4) is 11.1 Å². The first-order chi connectivity index (χ1) is 18.0. The molecule has 4 heterocycles. The summed E-state index contributed by atoms with van der Waals surface area (Å²) in [5, 5.41) is 21.5. The first kappa shape index (κ1) is 26.2. The van der Waals surface area contributed by atoms with Gasteiger partial charge < -0.3 is 10.4 Å². The highest BCUT2D eigenvalue weighted by atomic mass is 32.2. The summed E-state index contributed by atoms with van der Waals surface area (Å²) in [4.78, 5) is 22.1. The lowest BCUT2D eigenvalue weighted by Crippen LogP contribution is -2.24. The van der Waals surface area contributed by atoms with Crippen LogP contribution < -0.4 is 18.9 Å². The fourth-order valence-electron chi connectivity index (χ4n) is 3.45. The Balaban J connectivity index is 0.000000133. The van der Waals surface area contributed by atoms with E-state index >= 15 is 0 Å². The van der Waals surface area contributed by atoms with E-state index in [0.717, 1.165) is 20.6 Å². The van der Waals surface area contributed by atoms with Crippen molar-refractivity contribution in [1.29, 1.82) is 0 Å². The van der Waals surface area contributed by atoms with Gasteiger partial charge >= 0.3 is 0 Å². The molecule has 2 aromatic heterocycles. The van der Waals surface area contributed by atoms with E-state index in [4.69, 9.17) is 0 Å². The lowest BCUT2D eigenvalue weighted by atomic mass is 10.1. The SMILES string of the molecule is O=C1NS(=O)(=O)c2ccccc21.O=C1NS(=O)(=O)c2ccccc21.[O-][n+]1ccc(-c2cc[n+]([O-])cc2)cc1. The zero-order chi connectivity index (χ0) is 27.5. The Bertz CT molecular complexity index is 1610. The maximum atomic E-state index is 11.1. The maximum absolute atomic E-state index is 11.1. The first-order valence-electron chi connectivity index (χ1n) is 10.7. The molecular weight excluding hydrogens is 536 g/mol. The summed E-state index contributed by atoms with van der Waals surface area (Å²) < 4.78 is 49.8. The molecule has 0 radical (unpaired) electrons. The third-order valence-electron chi connectivity index (χ3n) is 5.23. The lowest BCUT2D eigenvalue weighted by Gasteiger charge is -2.00. The first-order valence-corrected chi connectivity index (χ1v) is 13.6. The molecule has 0 fully saturated rings. The number of pyridine rings is 2. The number of carbonyl (C=O) groups excluding carboxylic acids is 2. The second kappa shape index (κ2) is 10.3. The molecule has 0 saturated carbocycles. The molecule has 2 aliphatic rings. The van der Waals surface area contributed by atoms with Crippen molar-refractivity contribution in [1.82, 2.24) is 9.44 Å². The van der Waals surface area contributed by atoms with Crippen LogP contribution in [0.5, 0.6) is 0 Å². The van der Waals surface area contributed by atoms with Gasteiger partial charge in [-0.2, -0.15) is 9.46 Å². The molecule has 2 N–H and O–H groups in total. The number of amides is 2. The lowest BCUT2D eigenvalue weighted by molar-refractivity contribution is -0.605. The van der Waals surface area contributed by atoms with E-state index in [2.05, 4.69) is 0 Å². The predicted octanol–water partition coefficient (Wildman–Crippen LogP) is 0.858. The van der Waals surface area contributed by atoms with Crippen LogP contribution in [0, 0.1) is 10.4 Å². The van der Waals surface area contributed by atoms with Crippen molar-refractivity contribution in [2.75, 3.05) is 0 Å². The summed E-state index contributed by atoms with van der Waals surface area (Å²) in [6.45, 7) is 0. The van der Waals surface area contributed by atoms with Crippen molar-refractivity contribution in [2.24, 2.45) is 0 Å². The quantitative estimate of drug-likeness (QED) is 0.257. The van der Waals surface area contributed by atoms with Crippen molar-refractivity contribution in [2.45, 2.75) is 9.79 Å². The fourth-order valence-corrected chi connectivity index (χ4v) is 5.80. The van der Waals surface area contributed by atoms with Gasteiger partial charge in [-0.3, -0.25) is 9.59 Å². The van der Waals surface area contributed by atoms with Crippen LogP contribution in [-0.2, 0) is 20.0 Å². The van der Waals surface area contributed by atoms with Crippen LogP contribution in [0.2, 0.25) is 0 Å². The predicted molar refractivity (Wildman–Crippen MR) is 132 cm³/mol. The number of carbonyl (C=O) groups is 2. The molecule has 2 aliphatic heterocycles. The Morgan fingerprint density at radius 2 is 0.842 bits per heavy atom. The van der Waals surface area contributed by atoms with Crippen LogP contribution in [0.3, 0.4) is 0 Å². The van der Waals surface area contributed by atoms with Crippen LogP contribution in [0.15, 0.2) is 107 Å². The van der Waals surface area contributed by atoms with E-state index in [1.807, 2.05) is 9.44 Å². The van der Waals surface area contributed by atoms with Gasteiger partial charge in [-0.25, -0.2) is 26.3 Å². The number of benzene rings is 2. The van der Waals surface area contributed by atoms with Crippen LogP contribution in [0.25, 0.3) is 11.1 Å². The number of nitrogens with one attached hydrogen (secondary N) is 2. The smallest absolute Gasteiger partial charge is 0.266 e. The molecule has 2 aromatic carbocycles. The number of aromatic nitrogens is 2. The minimum absolute atomic E-state index is 0.0648. The zero-order valence-electron chi connectivity index (χ0n) is 19.2.